The van der Waals surface area contributed by atoms with Crippen molar-refractivity contribution in [3.63, 3.8) is 0 Å². The molecule has 2 aromatic heterocycles. The van der Waals surface area contributed by atoms with Gasteiger partial charge in [-0.1, -0.05) is 0 Å². The second kappa shape index (κ2) is 3.25. The summed E-state index contributed by atoms with van der Waals surface area (Å²) in [4.78, 5) is 14.0. The first-order valence-corrected chi connectivity index (χ1v) is 5.29. The minimum atomic E-state index is -0.125. The van der Waals surface area contributed by atoms with Gasteiger partial charge in [0.2, 0.25) is 0 Å². The van der Waals surface area contributed by atoms with E-state index in [1.165, 1.54) is 11.3 Å². The fourth-order valence-electron chi connectivity index (χ4n) is 1.19. The van der Waals surface area contributed by atoms with Gasteiger partial charge in [-0.3, -0.25) is 4.79 Å². The largest absolute Gasteiger partial charge is 0.392 e. The van der Waals surface area contributed by atoms with Gasteiger partial charge in [0.1, 0.15) is 0 Å². The van der Waals surface area contributed by atoms with Gasteiger partial charge in [-0.15, -0.1) is 11.3 Å². The van der Waals surface area contributed by atoms with Crippen molar-refractivity contribution in [1.82, 2.24) is 4.98 Å². The van der Waals surface area contributed by atoms with Gasteiger partial charge in [0.25, 0.3) is 5.56 Å². The molecular weight excluding hydrogens is 254 g/mol. The molecule has 2 aromatic rings. The van der Waals surface area contributed by atoms with Gasteiger partial charge < -0.3 is 10.1 Å². The molecule has 0 aliphatic rings. The minimum absolute atomic E-state index is 0.0553. The number of hydrogen-bond donors (Lipinski definition) is 2. The van der Waals surface area contributed by atoms with Crippen LogP contribution in [0.25, 0.3) is 10.1 Å². The third kappa shape index (κ3) is 1.33. The highest BCUT2D eigenvalue weighted by atomic mass is 79.9. The van der Waals surface area contributed by atoms with Crippen LogP contribution in [0, 0.1) is 0 Å². The number of rotatable bonds is 1. The van der Waals surface area contributed by atoms with Crippen molar-refractivity contribution in [1.29, 1.82) is 0 Å². The molecule has 2 rings (SSSR count). The summed E-state index contributed by atoms with van der Waals surface area (Å²) >= 11 is 4.74. The molecule has 0 bridgehead atoms. The summed E-state index contributed by atoms with van der Waals surface area (Å²) in [6, 6.07) is 0. The van der Waals surface area contributed by atoms with Crippen molar-refractivity contribution >= 4 is 37.4 Å². The molecule has 5 heteroatoms. The second-order valence-corrected chi connectivity index (χ2v) is 4.32. The average Bonchev–Trinajstić information content (AvgIpc) is 2.50. The molecule has 0 aliphatic carbocycles. The first-order chi connectivity index (χ1) is 6.24. The highest BCUT2D eigenvalue weighted by molar-refractivity contribution is 9.10. The Bertz CT molecular complexity index is 502. The maximum Gasteiger partial charge on any atom is 0.257 e. The fraction of sp³-hybridized carbons (Fsp3) is 0.125. The lowest BCUT2D eigenvalue weighted by molar-refractivity contribution is 0.283. The molecule has 0 aliphatic heterocycles. The lowest BCUT2D eigenvalue weighted by atomic mass is 10.2. The number of thiophene rings is 1. The summed E-state index contributed by atoms with van der Waals surface area (Å²) in [7, 11) is 0. The smallest absolute Gasteiger partial charge is 0.257 e. The third-order valence-electron chi connectivity index (χ3n) is 1.81. The summed E-state index contributed by atoms with van der Waals surface area (Å²) in [6.45, 7) is -0.0553. The van der Waals surface area contributed by atoms with Crippen molar-refractivity contribution in [2.24, 2.45) is 0 Å². The van der Waals surface area contributed by atoms with Crippen LogP contribution < -0.4 is 5.56 Å². The van der Waals surface area contributed by atoms with E-state index < -0.39 is 0 Å². The molecule has 0 spiro atoms. The SMILES string of the molecule is O=c1[nH]cc(CO)c2scc(Br)c12. The normalized spacial score (nSPS) is 10.9. The van der Waals surface area contributed by atoms with Crippen LogP contribution in [0.2, 0.25) is 0 Å². The van der Waals surface area contributed by atoms with Crippen molar-refractivity contribution in [2.75, 3.05) is 0 Å². The second-order valence-electron chi connectivity index (χ2n) is 2.59. The highest BCUT2D eigenvalue weighted by Crippen LogP contribution is 2.29. The van der Waals surface area contributed by atoms with Gasteiger partial charge in [-0.05, 0) is 15.9 Å². The minimum Gasteiger partial charge on any atom is -0.392 e. The Labute approximate surface area is 86.2 Å². The van der Waals surface area contributed by atoms with Crippen molar-refractivity contribution in [3.8, 4) is 0 Å². The van der Waals surface area contributed by atoms with Crippen LogP contribution in [0.3, 0.4) is 0 Å². The van der Waals surface area contributed by atoms with Crippen LogP contribution in [0.1, 0.15) is 5.56 Å². The molecule has 13 heavy (non-hydrogen) atoms. The molecule has 0 unspecified atom stereocenters. The van der Waals surface area contributed by atoms with Crippen molar-refractivity contribution < 1.29 is 5.11 Å². The summed E-state index contributed by atoms with van der Waals surface area (Å²) in [5.74, 6) is 0. The van der Waals surface area contributed by atoms with Gasteiger partial charge in [-0.2, -0.15) is 0 Å². The molecular formula is C8H6BrNO2S. The van der Waals surface area contributed by atoms with E-state index in [2.05, 4.69) is 20.9 Å². The summed E-state index contributed by atoms with van der Waals surface area (Å²) in [5, 5.41) is 11.5. The first kappa shape index (κ1) is 8.93. The first-order valence-electron chi connectivity index (χ1n) is 3.62. The number of H-pyrrole nitrogens is 1. The van der Waals surface area contributed by atoms with Crippen molar-refractivity contribution in [3.05, 3.63) is 32.0 Å². The lowest BCUT2D eigenvalue weighted by Crippen LogP contribution is -2.05. The molecule has 0 saturated heterocycles. The number of nitrogens with one attached hydrogen (secondary N) is 1. The summed E-state index contributed by atoms with van der Waals surface area (Å²) in [5.41, 5.74) is 0.630. The Morgan fingerprint density at radius 3 is 3.08 bits per heavy atom. The summed E-state index contributed by atoms with van der Waals surface area (Å²) < 4.78 is 1.63. The number of aliphatic hydroxyl groups excluding tert-OH is 1. The van der Waals surface area contributed by atoms with Crippen LogP contribution >= 0.6 is 27.3 Å². The number of aromatic nitrogens is 1. The van der Waals surface area contributed by atoms with E-state index in [-0.39, 0.29) is 12.2 Å². The Morgan fingerprint density at radius 2 is 2.38 bits per heavy atom. The Balaban J connectivity index is 2.95. The van der Waals surface area contributed by atoms with Crippen LogP contribution in [0.15, 0.2) is 20.8 Å². The molecule has 0 amide bonds. The molecule has 0 fully saturated rings. The molecule has 2 N–H and O–H groups in total. The van der Waals surface area contributed by atoms with E-state index in [1.807, 2.05) is 5.38 Å². The van der Waals surface area contributed by atoms with E-state index in [1.54, 1.807) is 6.20 Å². The molecule has 68 valence electrons. The van der Waals surface area contributed by atoms with Gasteiger partial charge in [0.05, 0.1) is 12.0 Å². The number of fused-ring (bicyclic) bond motifs is 1. The zero-order chi connectivity index (χ0) is 9.42. The monoisotopic (exact) mass is 259 g/mol. The van der Waals surface area contributed by atoms with E-state index in [0.29, 0.717) is 5.39 Å². The highest BCUT2D eigenvalue weighted by Gasteiger charge is 2.08. The van der Waals surface area contributed by atoms with Crippen LogP contribution in [0.4, 0.5) is 0 Å². The Hall–Kier alpha value is -0.650. The maximum absolute atomic E-state index is 11.4. The molecule has 2 heterocycles. The number of pyridine rings is 1. The quantitative estimate of drug-likeness (QED) is 0.822. The number of halogens is 1. The molecule has 0 radical (unpaired) electrons. The summed E-state index contributed by atoms with van der Waals surface area (Å²) in [6.07, 6.45) is 1.55. The van der Waals surface area contributed by atoms with Gasteiger partial charge in [-0.25, -0.2) is 0 Å². The molecule has 0 saturated carbocycles. The molecule has 0 aromatic carbocycles. The average molecular weight is 260 g/mol. The van der Waals surface area contributed by atoms with E-state index in [0.717, 1.165) is 14.7 Å². The lowest BCUT2D eigenvalue weighted by Gasteiger charge is -1.96. The Kier molecular flexibility index (Phi) is 2.23. The number of aliphatic hydroxyl groups is 1. The predicted octanol–water partition coefficient (Wildman–Crippen LogP) is 1.84. The van der Waals surface area contributed by atoms with Gasteiger partial charge in [0, 0.05) is 26.3 Å². The van der Waals surface area contributed by atoms with Crippen molar-refractivity contribution in [2.45, 2.75) is 6.61 Å². The topological polar surface area (TPSA) is 53.1 Å². The molecule has 3 nitrogen and oxygen atoms in total. The van der Waals surface area contributed by atoms with Crippen LogP contribution in [-0.2, 0) is 6.61 Å². The zero-order valence-electron chi connectivity index (χ0n) is 6.50. The predicted molar refractivity (Wildman–Crippen MR) is 56.1 cm³/mol. The molecule has 0 atom stereocenters. The number of hydrogen-bond acceptors (Lipinski definition) is 3. The Morgan fingerprint density at radius 1 is 1.62 bits per heavy atom. The van der Waals surface area contributed by atoms with Crippen LogP contribution in [-0.4, -0.2) is 10.1 Å². The van der Waals surface area contributed by atoms with E-state index >= 15 is 0 Å². The van der Waals surface area contributed by atoms with Crippen LogP contribution in [0.5, 0.6) is 0 Å². The fourth-order valence-corrected chi connectivity index (χ4v) is 2.92. The van der Waals surface area contributed by atoms with E-state index in [9.17, 15) is 4.79 Å². The van der Waals surface area contributed by atoms with Gasteiger partial charge >= 0.3 is 0 Å². The third-order valence-corrected chi connectivity index (χ3v) is 3.80. The maximum atomic E-state index is 11.4. The standard InChI is InChI=1S/C8H6BrNO2S/c9-5-3-13-7-4(2-11)1-10-8(12)6(5)7/h1,3,11H,2H2,(H,10,12). The van der Waals surface area contributed by atoms with Gasteiger partial charge in [0.15, 0.2) is 0 Å². The zero-order valence-corrected chi connectivity index (χ0v) is 8.91. The number of aromatic amines is 1. The van der Waals surface area contributed by atoms with E-state index in [4.69, 9.17) is 5.11 Å².